The summed E-state index contributed by atoms with van der Waals surface area (Å²) in [6.45, 7) is 6.28. The van der Waals surface area contributed by atoms with E-state index in [4.69, 9.17) is 23.6 Å². The summed E-state index contributed by atoms with van der Waals surface area (Å²) in [7, 11) is 1.60. The predicted molar refractivity (Wildman–Crippen MR) is 152 cm³/mol. The van der Waals surface area contributed by atoms with E-state index in [1.54, 1.807) is 37.6 Å². The van der Waals surface area contributed by atoms with Crippen LogP contribution in [-0.2, 0) is 0 Å². The summed E-state index contributed by atoms with van der Waals surface area (Å²) >= 11 is 3.59. The number of furan rings is 1. The normalized spacial score (nSPS) is 11.6. The van der Waals surface area contributed by atoms with E-state index in [-0.39, 0.29) is 17.5 Å². The smallest absolute Gasteiger partial charge is 0.282 e. The van der Waals surface area contributed by atoms with Gasteiger partial charge in [-0.15, -0.1) is 0 Å². The monoisotopic (exact) mass is 575 g/mol. The molecule has 0 spiro atoms. The Morgan fingerprint density at radius 3 is 2.63 bits per heavy atom. The molecule has 0 saturated heterocycles. The molecule has 0 N–H and O–H groups in total. The number of halogens is 1. The molecule has 0 saturated carbocycles. The van der Waals surface area contributed by atoms with E-state index in [2.05, 4.69) is 21.0 Å². The summed E-state index contributed by atoms with van der Waals surface area (Å²) in [4.78, 5) is 18.3. The summed E-state index contributed by atoms with van der Waals surface area (Å²) in [5.41, 5.74) is 1.53. The Morgan fingerprint density at radius 2 is 1.87 bits per heavy atom. The Hall–Kier alpha value is -4.11. The molecule has 0 fully saturated rings. The maximum atomic E-state index is 13.6. The Morgan fingerprint density at radius 1 is 1.05 bits per heavy atom. The second kappa shape index (κ2) is 10.7. The molecule has 2 heterocycles. The Bertz CT molecular complexity index is 1720. The van der Waals surface area contributed by atoms with Gasteiger partial charge < -0.3 is 18.6 Å². The van der Waals surface area contributed by atoms with Crippen LogP contribution in [-0.4, -0.2) is 35.7 Å². The molecule has 5 rings (SSSR count). The first-order valence-corrected chi connectivity index (χ1v) is 12.9. The minimum absolute atomic E-state index is 0.0205. The highest BCUT2D eigenvalue weighted by molar-refractivity contribution is 9.10. The zero-order valence-electron chi connectivity index (χ0n) is 21.4. The third kappa shape index (κ3) is 4.89. The van der Waals surface area contributed by atoms with E-state index in [1.165, 1.54) is 4.68 Å². The van der Waals surface area contributed by atoms with Crippen LogP contribution in [0.3, 0.4) is 0 Å². The number of para-hydroxylation sites is 1. The van der Waals surface area contributed by atoms with Crippen molar-refractivity contribution in [3.05, 3.63) is 81.1 Å². The van der Waals surface area contributed by atoms with Gasteiger partial charge in [0.15, 0.2) is 17.3 Å². The number of benzene rings is 3. The lowest BCUT2D eigenvalue weighted by atomic mass is 10.2. The number of aromatic nitrogens is 2. The Balaban J connectivity index is 1.68. The lowest BCUT2D eigenvalue weighted by Crippen LogP contribution is -2.20. The molecule has 0 radical (unpaired) electrons. The summed E-state index contributed by atoms with van der Waals surface area (Å²) in [5, 5.41) is 5.78. The van der Waals surface area contributed by atoms with Crippen LogP contribution in [0.2, 0.25) is 0 Å². The first-order chi connectivity index (χ1) is 18.4. The highest BCUT2D eigenvalue weighted by atomic mass is 79.9. The van der Waals surface area contributed by atoms with Crippen molar-refractivity contribution in [2.24, 2.45) is 5.10 Å². The number of methoxy groups -OCH3 is 1. The Kier molecular flexibility index (Phi) is 7.20. The van der Waals surface area contributed by atoms with Gasteiger partial charge in [0.2, 0.25) is 5.82 Å². The molecule has 0 atom stereocenters. The fraction of sp³-hybridized carbons (Fsp3) is 0.207. The molecule has 0 amide bonds. The molecule has 2 aromatic heterocycles. The molecule has 0 unspecified atom stereocenters. The molecule has 0 aliphatic heterocycles. The van der Waals surface area contributed by atoms with Crippen LogP contribution in [0.1, 0.15) is 26.3 Å². The summed E-state index contributed by atoms with van der Waals surface area (Å²) < 4.78 is 25.3. The van der Waals surface area contributed by atoms with E-state index in [0.717, 1.165) is 9.86 Å². The van der Waals surface area contributed by atoms with Gasteiger partial charge in [-0.1, -0.05) is 18.2 Å². The Labute approximate surface area is 227 Å². The maximum absolute atomic E-state index is 13.6. The van der Waals surface area contributed by atoms with Crippen molar-refractivity contribution < 1.29 is 18.6 Å². The first-order valence-electron chi connectivity index (χ1n) is 12.2. The average molecular weight is 576 g/mol. The second-order valence-electron chi connectivity index (χ2n) is 8.72. The molecule has 8 nitrogen and oxygen atoms in total. The molecular formula is C29H26BrN3O5. The lowest BCUT2D eigenvalue weighted by Gasteiger charge is -2.16. The van der Waals surface area contributed by atoms with Crippen LogP contribution in [0.4, 0.5) is 0 Å². The van der Waals surface area contributed by atoms with Gasteiger partial charge in [0.25, 0.3) is 5.56 Å². The highest BCUT2D eigenvalue weighted by Gasteiger charge is 2.18. The van der Waals surface area contributed by atoms with Gasteiger partial charge >= 0.3 is 0 Å². The first kappa shape index (κ1) is 25.5. The quantitative estimate of drug-likeness (QED) is 0.192. The largest absolute Gasteiger partial charge is 0.496 e. The minimum atomic E-state index is -0.324. The van der Waals surface area contributed by atoms with Gasteiger partial charge in [0, 0.05) is 10.0 Å². The third-order valence-corrected chi connectivity index (χ3v) is 6.44. The van der Waals surface area contributed by atoms with Gasteiger partial charge in [0.1, 0.15) is 11.3 Å². The van der Waals surface area contributed by atoms with Gasteiger partial charge in [-0.2, -0.15) is 9.78 Å². The maximum Gasteiger partial charge on any atom is 0.282 e. The van der Waals surface area contributed by atoms with Crippen LogP contribution in [0.25, 0.3) is 33.5 Å². The van der Waals surface area contributed by atoms with Crippen LogP contribution in [0.5, 0.6) is 17.2 Å². The van der Waals surface area contributed by atoms with Crippen LogP contribution < -0.4 is 19.8 Å². The molecule has 5 aromatic rings. The van der Waals surface area contributed by atoms with Crippen molar-refractivity contribution in [2.75, 3.05) is 13.7 Å². The molecule has 9 heteroatoms. The summed E-state index contributed by atoms with van der Waals surface area (Å²) in [6, 6.07) is 18.1. The minimum Gasteiger partial charge on any atom is -0.496 e. The van der Waals surface area contributed by atoms with Crippen molar-refractivity contribution >= 4 is 44.0 Å². The molecule has 0 aliphatic carbocycles. The number of fused-ring (bicyclic) bond motifs is 2. The van der Waals surface area contributed by atoms with Crippen molar-refractivity contribution in [3.63, 3.8) is 0 Å². The zero-order valence-corrected chi connectivity index (χ0v) is 23.0. The number of ether oxygens (including phenoxy) is 3. The molecule has 0 aliphatic rings. The fourth-order valence-electron chi connectivity index (χ4n) is 4.10. The topological polar surface area (TPSA) is 88.1 Å². The van der Waals surface area contributed by atoms with Crippen molar-refractivity contribution in [3.8, 4) is 28.8 Å². The van der Waals surface area contributed by atoms with Crippen molar-refractivity contribution in [2.45, 2.75) is 26.9 Å². The van der Waals surface area contributed by atoms with Crippen molar-refractivity contribution in [1.29, 1.82) is 0 Å². The SMILES string of the molecule is CCOc1cc(C=Nn2c(-c3cc4c(OC)cccc4o3)nc3ccccc3c2=O)c(Br)cc1OC(C)C. The van der Waals surface area contributed by atoms with Gasteiger partial charge in [-0.25, -0.2) is 4.98 Å². The molecule has 38 heavy (non-hydrogen) atoms. The van der Waals surface area contributed by atoms with Crippen LogP contribution in [0.15, 0.2) is 79.4 Å². The van der Waals surface area contributed by atoms with Crippen LogP contribution >= 0.6 is 15.9 Å². The van der Waals surface area contributed by atoms with E-state index < -0.39 is 0 Å². The van der Waals surface area contributed by atoms with E-state index >= 15 is 0 Å². The third-order valence-electron chi connectivity index (χ3n) is 5.75. The van der Waals surface area contributed by atoms with Gasteiger partial charge in [-0.05, 0) is 79.2 Å². The number of nitrogens with zero attached hydrogens (tertiary/aromatic N) is 3. The molecular weight excluding hydrogens is 550 g/mol. The summed E-state index contributed by atoms with van der Waals surface area (Å²) in [5.74, 6) is 2.52. The van der Waals surface area contributed by atoms with E-state index in [0.29, 0.717) is 51.7 Å². The standard InChI is InChI=1S/C29H26BrN3O5/c1-5-36-25-13-18(21(30)15-26(25)37-17(2)3)16-31-33-28(32-22-10-7-6-9-19(22)29(33)34)27-14-20-23(35-4)11-8-12-24(20)38-27/h6-17H,5H2,1-4H3. The van der Waals surface area contributed by atoms with Crippen molar-refractivity contribution in [1.82, 2.24) is 9.66 Å². The fourth-order valence-corrected chi connectivity index (χ4v) is 4.52. The average Bonchev–Trinajstić information content (AvgIpc) is 3.34. The zero-order chi connectivity index (χ0) is 26.8. The van der Waals surface area contributed by atoms with E-state index in [9.17, 15) is 4.79 Å². The predicted octanol–water partition coefficient (Wildman–Crippen LogP) is 6.65. The van der Waals surface area contributed by atoms with E-state index in [1.807, 2.05) is 57.2 Å². The lowest BCUT2D eigenvalue weighted by molar-refractivity contribution is 0.223. The van der Waals surface area contributed by atoms with Gasteiger partial charge in [-0.3, -0.25) is 4.79 Å². The number of rotatable bonds is 8. The van der Waals surface area contributed by atoms with Crippen LogP contribution in [0, 0.1) is 0 Å². The number of hydrogen-bond acceptors (Lipinski definition) is 7. The molecule has 3 aromatic carbocycles. The second-order valence-corrected chi connectivity index (χ2v) is 9.57. The highest BCUT2D eigenvalue weighted by Crippen LogP contribution is 2.35. The molecule has 194 valence electrons. The van der Waals surface area contributed by atoms with Gasteiger partial charge in [0.05, 0.1) is 42.3 Å². The molecule has 0 bridgehead atoms. The summed E-state index contributed by atoms with van der Waals surface area (Å²) in [6.07, 6.45) is 1.56. The number of hydrogen-bond donors (Lipinski definition) is 0.